The quantitative estimate of drug-likeness (QED) is 0.668. The summed E-state index contributed by atoms with van der Waals surface area (Å²) < 4.78 is 3.58. The molecule has 2 aromatic heterocycles. The summed E-state index contributed by atoms with van der Waals surface area (Å²) in [6, 6.07) is 7.68. The van der Waals surface area contributed by atoms with E-state index < -0.39 is 0 Å². The van der Waals surface area contributed by atoms with Gasteiger partial charge in [0.2, 0.25) is 0 Å². The third-order valence-corrected chi connectivity index (χ3v) is 3.87. The molecule has 0 N–H and O–H groups in total. The number of hydrogen-bond donors (Lipinski definition) is 0. The molecular weight excluding hydrogens is 320 g/mol. The van der Waals surface area contributed by atoms with Crippen molar-refractivity contribution in [3.63, 3.8) is 0 Å². The lowest BCUT2D eigenvalue weighted by atomic mass is 10.1. The molecule has 3 rings (SSSR count). The van der Waals surface area contributed by atoms with Crippen LogP contribution in [0, 0.1) is 0 Å². The van der Waals surface area contributed by atoms with Gasteiger partial charge in [0.25, 0.3) is 5.91 Å². The number of nitrogens with zero attached hydrogens (tertiary/aromatic N) is 8. The third kappa shape index (κ3) is 3.87. The summed E-state index contributed by atoms with van der Waals surface area (Å²) in [6.07, 6.45) is 3.24. The van der Waals surface area contributed by atoms with Gasteiger partial charge in [0.05, 0.1) is 13.1 Å². The zero-order chi connectivity index (χ0) is 17.8. The molecule has 0 fully saturated rings. The van der Waals surface area contributed by atoms with Crippen molar-refractivity contribution in [3.05, 3.63) is 53.9 Å². The number of hydrogen-bond acceptors (Lipinski definition) is 6. The van der Waals surface area contributed by atoms with Crippen molar-refractivity contribution in [2.24, 2.45) is 0 Å². The van der Waals surface area contributed by atoms with Gasteiger partial charge < -0.3 is 9.47 Å². The highest BCUT2D eigenvalue weighted by Gasteiger charge is 2.16. The van der Waals surface area contributed by atoms with Crippen LogP contribution in [0.3, 0.4) is 0 Å². The van der Waals surface area contributed by atoms with Gasteiger partial charge in [-0.2, -0.15) is 0 Å². The SMILES string of the molecule is CC(C)n1cnnc1CN(C)C(=O)c1ccc(Cn2cnnn2)cc1. The van der Waals surface area contributed by atoms with E-state index in [0.29, 0.717) is 18.7 Å². The van der Waals surface area contributed by atoms with E-state index in [1.165, 1.54) is 0 Å². The van der Waals surface area contributed by atoms with Crippen LogP contribution >= 0.6 is 0 Å². The predicted molar refractivity (Wildman–Crippen MR) is 89.6 cm³/mol. The molecule has 0 radical (unpaired) electrons. The minimum absolute atomic E-state index is 0.0627. The molecule has 0 bridgehead atoms. The molecule has 130 valence electrons. The van der Waals surface area contributed by atoms with Gasteiger partial charge in [-0.3, -0.25) is 4.79 Å². The fourth-order valence-electron chi connectivity index (χ4n) is 2.51. The Morgan fingerprint density at radius 1 is 1.16 bits per heavy atom. The molecule has 9 heteroatoms. The van der Waals surface area contributed by atoms with Crippen LogP contribution in [0.15, 0.2) is 36.9 Å². The number of amides is 1. The lowest BCUT2D eigenvalue weighted by molar-refractivity contribution is 0.0779. The Bertz CT molecular complexity index is 822. The minimum Gasteiger partial charge on any atom is -0.334 e. The fraction of sp³-hybridized carbons (Fsp3) is 0.375. The van der Waals surface area contributed by atoms with Crippen molar-refractivity contribution in [1.82, 2.24) is 39.9 Å². The Balaban J connectivity index is 1.66. The van der Waals surface area contributed by atoms with Crippen LogP contribution in [-0.4, -0.2) is 52.8 Å². The van der Waals surface area contributed by atoms with Crippen molar-refractivity contribution in [2.75, 3.05) is 7.05 Å². The Hall–Kier alpha value is -3.10. The van der Waals surface area contributed by atoms with Crippen LogP contribution in [0.4, 0.5) is 0 Å². The maximum Gasteiger partial charge on any atom is 0.254 e. The summed E-state index contributed by atoms with van der Waals surface area (Å²) >= 11 is 0. The molecular formula is C16H20N8O. The molecule has 0 unspecified atom stereocenters. The van der Waals surface area contributed by atoms with Crippen LogP contribution in [0.25, 0.3) is 0 Å². The molecule has 9 nitrogen and oxygen atoms in total. The topological polar surface area (TPSA) is 94.6 Å². The summed E-state index contributed by atoms with van der Waals surface area (Å²) in [6.45, 7) is 5.08. The zero-order valence-electron chi connectivity index (χ0n) is 14.4. The summed E-state index contributed by atoms with van der Waals surface area (Å²) in [7, 11) is 1.76. The van der Waals surface area contributed by atoms with Gasteiger partial charge in [-0.05, 0) is 42.0 Å². The van der Waals surface area contributed by atoms with Crippen LogP contribution in [0.2, 0.25) is 0 Å². The van der Waals surface area contributed by atoms with Crippen LogP contribution in [0.1, 0.15) is 41.6 Å². The summed E-state index contributed by atoms with van der Waals surface area (Å²) in [5, 5.41) is 19.1. The molecule has 25 heavy (non-hydrogen) atoms. The first kappa shape index (κ1) is 16.7. The van der Waals surface area contributed by atoms with Crippen LogP contribution in [0.5, 0.6) is 0 Å². The first-order valence-electron chi connectivity index (χ1n) is 7.98. The Morgan fingerprint density at radius 2 is 1.92 bits per heavy atom. The highest BCUT2D eigenvalue weighted by molar-refractivity contribution is 5.94. The van der Waals surface area contributed by atoms with E-state index in [1.807, 2.05) is 28.8 Å². The Labute approximate surface area is 145 Å². The average Bonchev–Trinajstić information content (AvgIpc) is 3.26. The van der Waals surface area contributed by atoms with E-state index in [1.54, 1.807) is 29.3 Å². The van der Waals surface area contributed by atoms with Gasteiger partial charge >= 0.3 is 0 Å². The van der Waals surface area contributed by atoms with Gasteiger partial charge in [0.1, 0.15) is 12.7 Å². The monoisotopic (exact) mass is 340 g/mol. The lowest BCUT2D eigenvalue weighted by Crippen LogP contribution is -2.28. The lowest BCUT2D eigenvalue weighted by Gasteiger charge is -2.18. The first-order valence-corrected chi connectivity index (χ1v) is 7.98. The average molecular weight is 340 g/mol. The molecule has 0 saturated carbocycles. The minimum atomic E-state index is -0.0627. The van der Waals surface area contributed by atoms with Crippen LogP contribution < -0.4 is 0 Å². The molecule has 0 atom stereocenters. The first-order chi connectivity index (χ1) is 12.0. The number of benzene rings is 1. The molecule has 0 aliphatic carbocycles. The molecule has 1 amide bonds. The summed E-state index contributed by atoms with van der Waals surface area (Å²) in [5.74, 6) is 0.702. The highest BCUT2D eigenvalue weighted by Crippen LogP contribution is 2.12. The van der Waals surface area contributed by atoms with Gasteiger partial charge in [0.15, 0.2) is 5.82 Å². The van der Waals surface area contributed by atoms with Crippen molar-refractivity contribution < 1.29 is 4.79 Å². The Kier molecular flexibility index (Phi) is 4.82. The molecule has 0 spiro atoms. The van der Waals surface area contributed by atoms with Gasteiger partial charge in [-0.25, -0.2) is 4.68 Å². The molecule has 1 aromatic carbocycles. The number of tetrazole rings is 1. The number of carbonyl (C=O) groups excluding carboxylic acids is 1. The highest BCUT2D eigenvalue weighted by atomic mass is 16.2. The van der Waals surface area contributed by atoms with E-state index >= 15 is 0 Å². The van der Waals surface area contributed by atoms with Gasteiger partial charge in [-0.15, -0.1) is 15.3 Å². The zero-order valence-corrected chi connectivity index (χ0v) is 14.4. The van der Waals surface area contributed by atoms with E-state index in [2.05, 4.69) is 39.6 Å². The van der Waals surface area contributed by atoms with Crippen LogP contribution in [-0.2, 0) is 13.1 Å². The molecule has 0 aliphatic rings. The Morgan fingerprint density at radius 3 is 2.56 bits per heavy atom. The maximum atomic E-state index is 12.6. The normalized spacial score (nSPS) is 11.0. The van der Waals surface area contributed by atoms with Crippen molar-refractivity contribution in [2.45, 2.75) is 33.0 Å². The van der Waals surface area contributed by atoms with E-state index in [-0.39, 0.29) is 11.9 Å². The summed E-state index contributed by atoms with van der Waals surface area (Å²) in [5.41, 5.74) is 1.64. The summed E-state index contributed by atoms with van der Waals surface area (Å²) in [4.78, 5) is 14.2. The number of aromatic nitrogens is 7. The maximum absolute atomic E-state index is 12.6. The second-order valence-corrected chi connectivity index (χ2v) is 6.11. The largest absolute Gasteiger partial charge is 0.334 e. The standard InChI is InChI=1S/C16H20N8O/c1-12(2)24-11-17-19-15(24)9-22(3)16(25)14-6-4-13(5-7-14)8-23-10-18-20-21-23/h4-7,10-12H,8-9H2,1-3H3. The van der Waals surface area contributed by atoms with Crippen molar-refractivity contribution >= 4 is 5.91 Å². The van der Waals surface area contributed by atoms with Crippen molar-refractivity contribution in [3.8, 4) is 0 Å². The second kappa shape index (κ2) is 7.20. The second-order valence-electron chi connectivity index (χ2n) is 6.11. The van der Waals surface area contributed by atoms with Gasteiger partial charge in [-0.1, -0.05) is 12.1 Å². The van der Waals surface area contributed by atoms with E-state index in [4.69, 9.17) is 0 Å². The fourth-order valence-corrected chi connectivity index (χ4v) is 2.51. The smallest absolute Gasteiger partial charge is 0.254 e. The van der Waals surface area contributed by atoms with Gasteiger partial charge in [0, 0.05) is 18.7 Å². The molecule has 2 heterocycles. The molecule has 3 aromatic rings. The number of carbonyl (C=O) groups is 1. The van der Waals surface area contributed by atoms with E-state index in [9.17, 15) is 4.79 Å². The molecule has 0 saturated heterocycles. The third-order valence-electron chi connectivity index (χ3n) is 3.87. The van der Waals surface area contributed by atoms with E-state index in [0.717, 1.165) is 11.4 Å². The number of rotatable bonds is 6. The predicted octanol–water partition coefficient (Wildman–Crippen LogP) is 1.17. The molecule has 0 aliphatic heterocycles. The van der Waals surface area contributed by atoms with Crippen molar-refractivity contribution in [1.29, 1.82) is 0 Å².